The quantitative estimate of drug-likeness (QED) is 0.589. The molecule has 0 heterocycles. The number of nitrogens with zero attached hydrogens (tertiary/aromatic N) is 1. The minimum Gasteiger partial charge on any atom is -0.317 e. The van der Waals surface area contributed by atoms with Gasteiger partial charge in [0.1, 0.15) is 4.90 Å². The molecule has 0 saturated carbocycles. The lowest BCUT2D eigenvalue weighted by molar-refractivity contribution is -0.107. The smallest absolute Gasteiger partial charge is 0.296 e. The summed E-state index contributed by atoms with van der Waals surface area (Å²) in [6.07, 6.45) is 0.462. The number of benzene rings is 1. The van der Waals surface area contributed by atoms with Crippen LogP contribution in [0.2, 0.25) is 0 Å². The highest BCUT2D eigenvalue weighted by Gasteiger charge is 2.16. The minimum absolute atomic E-state index is 0.144. The molecule has 5 nitrogen and oxygen atoms in total. The summed E-state index contributed by atoms with van der Waals surface area (Å²) >= 11 is 0. The first-order chi connectivity index (χ1) is 6.46. The highest BCUT2D eigenvalue weighted by molar-refractivity contribution is 7.86. The first-order valence-electron chi connectivity index (χ1n) is 3.71. The monoisotopic (exact) mass is 215 g/mol. The molecule has 1 N–H and O–H groups in total. The summed E-state index contributed by atoms with van der Waals surface area (Å²) in [5.41, 5.74) is 0.144. The highest BCUT2D eigenvalue weighted by atomic mass is 32.2. The van der Waals surface area contributed by atoms with Gasteiger partial charge in [0.05, 0.1) is 5.69 Å². The molecular weight excluding hydrogens is 206 g/mol. The van der Waals surface area contributed by atoms with Gasteiger partial charge in [-0.3, -0.25) is 9.35 Å². The Bertz CT molecular complexity index is 440. The Balaban J connectivity index is 3.37. The molecule has 0 spiro atoms. The average molecular weight is 215 g/mol. The number of amides is 1. The van der Waals surface area contributed by atoms with E-state index in [0.717, 1.165) is 4.90 Å². The van der Waals surface area contributed by atoms with Crippen molar-refractivity contribution in [2.45, 2.75) is 4.90 Å². The van der Waals surface area contributed by atoms with E-state index in [1.165, 1.54) is 25.2 Å². The van der Waals surface area contributed by atoms with Gasteiger partial charge in [0.15, 0.2) is 0 Å². The molecular formula is C8H9NO4S. The lowest BCUT2D eigenvalue weighted by atomic mass is 10.3. The normalized spacial score (nSPS) is 11.0. The van der Waals surface area contributed by atoms with E-state index in [1.54, 1.807) is 6.07 Å². The predicted molar refractivity (Wildman–Crippen MR) is 50.7 cm³/mol. The molecule has 14 heavy (non-hydrogen) atoms. The van der Waals surface area contributed by atoms with E-state index in [0.29, 0.717) is 6.41 Å². The molecule has 1 aromatic carbocycles. The molecule has 0 aliphatic heterocycles. The van der Waals surface area contributed by atoms with Crippen molar-refractivity contribution in [3.05, 3.63) is 24.3 Å². The summed E-state index contributed by atoms with van der Waals surface area (Å²) in [4.78, 5) is 11.2. The number of para-hydroxylation sites is 1. The van der Waals surface area contributed by atoms with Crippen LogP contribution in [-0.4, -0.2) is 26.4 Å². The number of rotatable bonds is 3. The third kappa shape index (κ3) is 2.09. The zero-order valence-electron chi connectivity index (χ0n) is 7.41. The van der Waals surface area contributed by atoms with Crippen molar-refractivity contribution in [1.29, 1.82) is 0 Å². The maximum absolute atomic E-state index is 10.9. The van der Waals surface area contributed by atoms with Crippen LogP contribution < -0.4 is 4.90 Å². The number of hydrogen-bond donors (Lipinski definition) is 1. The molecule has 0 bridgehead atoms. The maximum Gasteiger partial charge on any atom is 0.296 e. The van der Waals surface area contributed by atoms with E-state index in [2.05, 4.69) is 0 Å². The molecule has 1 rings (SSSR count). The molecule has 0 aromatic heterocycles. The van der Waals surface area contributed by atoms with E-state index in [4.69, 9.17) is 4.55 Å². The molecule has 6 heteroatoms. The average Bonchev–Trinajstić information content (AvgIpc) is 2.15. The molecule has 0 unspecified atom stereocenters. The number of hydrogen-bond acceptors (Lipinski definition) is 3. The van der Waals surface area contributed by atoms with Crippen molar-refractivity contribution in [1.82, 2.24) is 0 Å². The van der Waals surface area contributed by atoms with Crippen LogP contribution in [0.4, 0.5) is 5.69 Å². The first-order valence-corrected chi connectivity index (χ1v) is 5.15. The number of carbonyl (C=O) groups is 1. The Kier molecular flexibility index (Phi) is 2.87. The van der Waals surface area contributed by atoms with Crippen molar-refractivity contribution >= 4 is 22.2 Å². The van der Waals surface area contributed by atoms with Crippen LogP contribution in [0.3, 0.4) is 0 Å². The molecule has 0 radical (unpaired) electrons. The van der Waals surface area contributed by atoms with Gasteiger partial charge in [-0.1, -0.05) is 12.1 Å². The van der Waals surface area contributed by atoms with Gasteiger partial charge in [0, 0.05) is 7.05 Å². The van der Waals surface area contributed by atoms with Crippen molar-refractivity contribution in [2.75, 3.05) is 11.9 Å². The van der Waals surface area contributed by atoms with Gasteiger partial charge < -0.3 is 4.90 Å². The van der Waals surface area contributed by atoms with E-state index in [1.807, 2.05) is 0 Å². The summed E-state index contributed by atoms with van der Waals surface area (Å²) in [6.45, 7) is 0. The topological polar surface area (TPSA) is 74.7 Å². The fraction of sp³-hybridized carbons (Fsp3) is 0.125. The molecule has 0 aliphatic carbocycles. The Morgan fingerprint density at radius 1 is 1.36 bits per heavy atom. The maximum atomic E-state index is 10.9. The van der Waals surface area contributed by atoms with Gasteiger partial charge in [-0.25, -0.2) is 0 Å². The Morgan fingerprint density at radius 3 is 2.43 bits per heavy atom. The highest BCUT2D eigenvalue weighted by Crippen LogP contribution is 2.22. The molecule has 0 saturated heterocycles. The SMILES string of the molecule is CN(C=O)c1ccccc1S(=O)(=O)O. The molecule has 0 atom stereocenters. The molecule has 1 amide bonds. The van der Waals surface area contributed by atoms with Crippen molar-refractivity contribution in [2.24, 2.45) is 0 Å². The fourth-order valence-corrected chi connectivity index (χ4v) is 1.75. The Hall–Kier alpha value is -1.40. The Labute approximate surface area is 81.7 Å². The van der Waals surface area contributed by atoms with Crippen molar-refractivity contribution in [3.63, 3.8) is 0 Å². The van der Waals surface area contributed by atoms with Gasteiger partial charge in [-0.05, 0) is 12.1 Å². The lowest BCUT2D eigenvalue weighted by Crippen LogP contribution is -2.17. The molecule has 0 aliphatic rings. The lowest BCUT2D eigenvalue weighted by Gasteiger charge is -2.13. The Morgan fingerprint density at radius 2 is 1.93 bits per heavy atom. The van der Waals surface area contributed by atoms with Crippen LogP contribution in [0, 0.1) is 0 Å². The van der Waals surface area contributed by atoms with Crippen LogP contribution in [0.15, 0.2) is 29.2 Å². The van der Waals surface area contributed by atoms with Gasteiger partial charge in [-0.15, -0.1) is 0 Å². The summed E-state index contributed by atoms with van der Waals surface area (Å²) in [7, 11) is -2.89. The van der Waals surface area contributed by atoms with Gasteiger partial charge in [-0.2, -0.15) is 8.42 Å². The largest absolute Gasteiger partial charge is 0.317 e. The van der Waals surface area contributed by atoms with Crippen LogP contribution in [-0.2, 0) is 14.9 Å². The first kappa shape index (κ1) is 10.7. The zero-order chi connectivity index (χ0) is 10.8. The van der Waals surface area contributed by atoms with Gasteiger partial charge in [0.25, 0.3) is 10.1 Å². The molecule has 0 fully saturated rings. The summed E-state index contributed by atoms with van der Waals surface area (Å²) in [5, 5.41) is 0. The van der Waals surface area contributed by atoms with Crippen molar-refractivity contribution < 1.29 is 17.8 Å². The summed E-state index contributed by atoms with van der Waals surface area (Å²) in [6, 6.07) is 5.69. The van der Waals surface area contributed by atoms with Gasteiger partial charge in [0.2, 0.25) is 6.41 Å². The number of anilines is 1. The third-order valence-corrected chi connectivity index (χ3v) is 2.58. The fourth-order valence-electron chi connectivity index (χ4n) is 1.02. The summed E-state index contributed by atoms with van der Waals surface area (Å²) < 4.78 is 30.6. The second kappa shape index (κ2) is 3.77. The van der Waals surface area contributed by atoms with Crippen LogP contribution in [0.25, 0.3) is 0 Å². The van der Waals surface area contributed by atoms with Crippen LogP contribution in [0.1, 0.15) is 0 Å². The van der Waals surface area contributed by atoms with Crippen LogP contribution >= 0.6 is 0 Å². The summed E-state index contributed by atoms with van der Waals surface area (Å²) in [5.74, 6) is 0. The second-order valence-corrected chi connectivity index (χ2v) is 4.05. The standard InChI is InChI=1S/C8H9NO4S/c1-9(6-10)7-4-2-3-5-8(7)14(11,12)13/h2-6H,1H3,(H,11,12,13). The molecule has 1 aromatic rings. The van der Waals surface area contributed by atoms with Gasteiger partial charge >= 0.3 is 0 Å². The second-order valence-electron chi connectivity index (χ2n) is 2.66. The van der Waals surface area contributed by atoms with E-state index >= 15 is 0 Å². The molecule has 76 valence electrons. The van der Waals surface area contributed by atoms with E-state index in [-0.39, 0.29) is 10.6 Å². The third-order valence-electron chi connectivity index (χ3n) is 1.68. The number of carbonyl (C=O) groups excluding carboxylic acids is 1. The van der Waals surface area contributed by atoms with Crippen molar-refractivity contribution in [3.8, 4) is 0 Å². The van der Waals surface area contributed by atoms with E-state index < -0.39 is 10.1 Å². The van der Waals surface area contributed by atoms with E-state index in [9.17, 15) is 13.2 Å². The minimum atomic E-state index is -4.29. The zero-order valence-corrected chi connectivity index (χ0v) is 8.23. The predicted octanol–water partition coefficient (Wildman–Crippen LogP) is 0.526. The van der Waals surface area contributed by atoms with Crippen LogP contribution in [0.5, 0.6) is 0 Å².